The number of pyridine rings is 1. The van der Waals surface area contributed by atoms with Crippen LogP contribution in [0.25, 0.3) is 5.65 Å². The lowest BCUT2D eigenvalue weighted by molar-refractivity contribution is 0.0141. The van der Waals surface area contributed by atoms with Crippen molar-refractivity contribution in [2.24, 2.45) is 11.8 Å². The van der Waals surface area contributed by atoms with Crippen LogP contribution in [-0.4, -0.2) is 56.6 Å². The summed E-state index contributed by atoms with van der Waals surface area (Å²) in [5, 5.41) is 3.11. The summed E-state index contributed by atoms with van der Waals surface area (Å²) in [5.74, 6) is 1.31. The lowest BCUT2D eigenvalue weighted by Gasteiger charge is -2.29. The fourth-order valence-corrected chi connectivity index (χ4v) is 5.42. The van der Waals surface area contributed by atoms with Crippen LogP contribution in [0.2, 0.25) is 0 Å². The van der Waals surface area contributed by atoms with Gasteiger partial charge in [-0.2, -0.15) is 0 Å². The average Bonchev–Trinajstić information content (AvgIpc) is 3.51. The molecule has 1 N–H and O–H groups in total. The molecule has 29 heavy (non-hydrogen) atoms. The number of hydrogen-bond acceptors (Lipinski definition) is 6. The van der Waals surface area contributed by atoms with Crippen LogP contribution in [0.15, 0.2) is 49.1 Å². The molecule has 3 aromatic rings. The van der Waals surface area contributed by atoms with E-state index in [2.05, 4.69) is 25.2 Å². The van der Waals surface area contributed by atoms with E-state index in [4.69, 9.17) is 4.74 Å². The van der Waals surface area contributed by atoms with E-state index in [0.717, 1.165) is 37.5 Å². The Morgan fingerprint density at radius 1 is 1.28 bits per heavy atom. The second-order valence-corrected chi connectivity index (χ2v) is 8.26. The van der Waals surface area contributed by atoms with Crippen molar-refractivity contribution in [2.45, 2.75) is 24.5 Å². The van der Waals surface area contributed by atoms with E-state index in [0.29, 0.717) is 24.1 Å². The molecule has 0 aliphatic carbocycles. The van der Waals surface area contributed by atoms with Crippen LogP contribution in [0.3, 0.4) is 0 Å². The number of nitrogens with zero attached hydrogens (tertiary/aromatic N) is 5. The third-order valence-electron chi connectivity index (χ3n) is 6.71. The zero-order valence-electron chi connectivity index (χ0n) is 15.9. The number of imidazole rings is 1. The topological polar surface area (TPSA) is 84.7 Å². The summed E-state index contributed by atoms with van der Waals surface area (Å²) in [4.78, 5) is 28.1. The second kappa shape index (κ2) is 6.25. The highest BCUT2D eigenvalue weighted by Crippen LogP contribution is 2.54. The summed E-state index contributed by atoms with van der Waals surface area (Å²) >= 11 is 0. The van der Waals surface area contributed by atoms with E-state index >= 15 is 0 Å². The molecule has 0 unspecified atom stereocenters. The first-order valence-electron chi connectivity index (χ1n) is 10.1. The molecular weight excluding hydrogens is 368 g/mol. The van der Waals surface area contributed by atoms with Gasteiger partial charge in [-0.25, -0.2) is 15.0 Å². The van der Waals surface area contributed by atoms with Crippen molar-refractivity contribution in [1.29, 1.82) is 0 Å². The first-order valence-corrected chi connectivity index (χ1v) is 10.1. The number of anilines is 1. The minimum absolute atomic E-state index is 0.123. The van der Waals surface area contributed by atoms with Gasteiger partial charge in [-0.3, -0.25) is 4.79 Å². The predicted molar refractivity (Wildman–Crippen MR) is 106 cm³/mol. The highest BCUT2D eigenvalue weighted by molar-refractivity contribution is 5.92. The van der Waals surface area contributed by atoms with Gasteiger partial charge in [0, 0.05) is 49.7 Å². The number of hydrogen-bond donors (Lipinski definition) is 1. The van der Waals surface area contributed by atoms with E-state index in [-0.39, 0.29) is 17.6 Å². The number of carbonyl (C=O) groups excluding carboxylic acids is 1. The number of carbonyl (C=O) groups is 1. The molecule has 3 aliphatic heterocycles. The van der Waals surface area contributed by atoms with Crippen molar-refractivity contribution in [3.8, 4) is 0 Å². The lowest BCUT2D eigenvalue weighted by Crippen LogP contribution is -2.42. The Kier molecular flexibility index (Phi) is 3.64. The fourth-order valence-electron chi connectivity index (χ4n) is 5.42. The van der Waals surface area contributed by atoms with Crippen molar-refractivity contribution in [2.75, 3.05) is 24.5 Å². The molecule has 8 heteroatoms. The maximum atomic E-state index is 12.7. The highest BCUT2D eigenvalue weighted by Gasteiger charge is 2.63. The standard InChI is InChI=1S/C21H22N6O2/c28-19(16-12-26-9-2-1-4-18(26)25-16)24-10-14-15-11-27(20-22-7-3-8-23-20)13-21(15)6-5-17(14)29-21/h1-4,7-9,12,14-15,17H,5-6,10-11,13H2,(H,24,28)/t14-,15+,17+,21+/m0/s1. The molecule has 6 rings (SSSR count). The van der Waals surface area contributed by atoms with Gasteiger partial charge in [0.15, 0.2) is 0 Å². The van der Waals surface area contributed by atoms with Crippen LogP contribution >= 0.6 is 0 Å². The first kappa shape index (κ1) is 16.9. The Morgan fingerprint density at radius 3 is 3.03 bits per heavy atom. The van der Waals surface area contributed by atoms with Crippen LogP contribution in [0.5, 0.6) is 0 Å². The molecule has 3 aliphatic rings. The van der Waals surface area contributed by atoms with Gasteiger partial charge in [-0.1, -0.05) is 6.07 Å². The molecule has 6 heterocycles. The van der Waals surface area contributed by atoms with Gasteiger partial charge in [0.05, 0.1) is 18.2 Å². The van der Waals surface area contributed by atoms with E-state index in [1.165, 1.54) is 0 Å². The third kappa shape index (κ3) is 2.62. The van der Waals surface area contributed by atoms with Gasteiger partial charge in [-0.05, 0) is 31.0 Å². The second-order valence-electron chi connectivity index (χ2n) is 8.26. The molecule has 148 valence electrons. The van der Waals surface area contributed by atoms with Crippen LogP contribution in [0.4, 0.5) is 5.95 Å². The van der Waals surface area contributed by atoms with Crippen molar-refractivity contribution in [3.63, 3.8) is 0 Å². The van der Waals surface area contributed by atoms with Crippen LogP contribution in [0.1, 0.15) is 23.3 Å². The van der Waals surface area contributed by atoms with E-state index in [1.807, 2.05) is 34.9 Å². The molecule has 8 nitrogen and oxygen atoms in total. The Hall–Kier alpha value is -3.00. The summed E-state index contributed by atoms with van der Waals surface area (Å²) in [5.41, 5.74) is 1.09. The van der Waals surface area contributed by atoms with Gasteiger partial charge < -0.3 is 19.4 Å². The number of fused-ring (bicyclic) bond motifs is 2. The fraction of sp³-hybridized carbons (Fsp3) is 0.429. The van der Waals surface area contributed by atoms with Crippen molar-refractivity contribution >= 4 is 17.5 Å². The summed E-state index contributed by atoms with van der Waals surface area (Å²) in [6.45, 7) is 2.30. The molecule has 0 radical (unpaired) electrons. The molecule has 3 aromatic heterocycles. The van der Waals surface area contributed by atoms with Crippen LogP contribution < -0.4 is 10.2 Å². The number of amides is 1. The number of rotatable bonds is 4. The average molecular weight is 390 g/mol. The summed E-state index contributed by atoms with van der Waals surface area (Å²) in [6.07, 6.45) is 9.56. The molecule has 4 atom stereocenters. The Labute approximate surface area is 167 Å². The quantitative estimate of drug-likeness (QED) is 0.727. The van der Waals surface area contributed by atoms with Crippen LogP contribution in [0, 0.1) is 11.8 Å². The summed E-state index contributed by atoms with van der Waals surface area (Å²) in [7, 11) is 0. The smallest absolute Gasteiger partial charge is 0.271 e. The largest absolute Gasteiger partial charge is 0.369 e. The Bertz CT molecular complexity index is 1040. The molecular formula is C21H22N6O2. The SMILES string of the molecule is O=C(NC[C@H]1[C@H]2CN(c3ncccn3)C[C@]23CC[C@H]1O3)c1cn2ccccc2n1. The van der Waals surface area contributed by atoms with Gasteiger partial charge in [0.1, 0.15) is 11.3 Å². The maximum Gasteiger partial charge on any atom is 0.271 e. The molecule has 2 bridgehead atoms. The lowest BCUT2D eigenvalue weighted by atomic mass is 9.73. The van der Waals surface area contributed by atoms with Gasteiger partial charge in [-0.15, -0.1) is 0 Å². The van der Waals surface area contributed by atoms with Crippen molar-refractivity contribution in [3.05, 3.63) is 54.7 Å². The summed E-state index contributed by atoms with van der Waals surface area (Å²) in [6, 6.07) is 7.56. The Morgan fingerprint density at radius 2 is 2.17 bits per heavy atom. The van der Waals surface area contributed by atoms with Crippen LogP contribution in [-0.2, 0) is 4.74 Å². The number of nitrogens with one attached hydrogen (secondary N) is 1. The molecule has 0 aromatic carbocycles. The van der Waals surface area contributed by atoms with E-state index < -0.39 is 0 Å². The zero-order chi connectivity index (χ0) is 19.4. The summed E-state index contributed by atoms with van der Waals surface area (Å²) < 4.78 is 8.33. The van der Waals surface area contributed by atoms with E-state index in [9.17, 15) is 4.79 Å². The maximum absolute atomic E-state index is 12.7. The Balaban J connectivity index is 1.17. The minimum Gasteiger partial charge on any atom is -0.369 e. The predicted octanol–water partition coefficient (Wildman–Crippen LogP) is 1.54. The normalized spacial score (nSPS) is 30.1. The molecule has 1 spiro atoms. The first-order chi connectivity index (χ1) is 14.2. The van der Waals surface area contributed by atoms with Crippen molar-refractivity contribution in [1.82, 2.24) is 24.7 Å². The zero-order valence-corrected chi connectivity index (χ0v) is 15.9. The number of ether oxygens (including phenoxy) is 1. The molecule has 1 amide bonds. The van der Waals surface area contributed by atoms with Crippen molar-refractivity contribution < 1.29 is 9.53 Å². The third-order valence-corrected chi connectivity index (χ3v) is 6.71. The monoisotopic (exact) mass is 390 g/mol. The number of aromatic nitrogens is 4. The van der Waals surface area contributed by atoms with E-state index in [1.54, 1.807) is 18.6 Å². The minimum atomic E-state index is -0.133. The molecule has 3 fully saturated rings. The van der Waals surface area contributed by atoms with Gasteiger partial charge in [0.25, 0.3) is 5.91 Å². The highest BCUT2D eigenvalue weighted by atomic mass is 16.5. The van der Waals surface area contributed by atoms with Gasteiger partial charge in [0.2, 0.25) is 5.95 Å². The van der Waals surface area contributed by atoms with Gasteiger partial charge >= 0.3 is 0 Å². The molecule has 0 saturated carbocycles. The molecule has 3 saturated heterocycles.